The Morgan fingerprint density at radius 2 is 1.94 bits per heavy atom. The van der Waals surface area contributed by atoms with Crippen LogP contribution in [0.2, 0.25) is 0 Å². The van der Waals surface area contributed by atoms with E-state index in [-0.39, 0.29) is 0 Å². The number of Topliss-reactive ketones (excluding diaryl/α,β-unsaturated/α-hetero) is 1. The van der Waals surface area contributed by atoms with Crippen LogP contribution < -0.4 is 5.32 Å². The first-order chi connectivity index (χ1) is 7.41. The van der Waals surface area contributed by atoms with Gasteiger partial charge in [-0.05, 0) is 40.8 Å². The van der Waals surface area contributed by atoms with Crippen molar-refractivity contribution < 1.29 is 19.5 Å². The van der Waals surface area contributed by atoms with Gasteiger partial charge in [-0.15, -0.1) is 0 Å². The van der Waals surface area contributed by atoms with Crippen LogP contribution in [-0.2, 0) is 9.59 Å². The zero-order valence-electron chi connectivity index (χ0n) is 8.28. The van der Waals surface area contributed by atoms with Crippen molar-refractivity contribution in [2.24, 2.45) is 0 Å². The van der Waals surface area contributed by atoms with Gasteiger partial charge >= 0.3 is 0 Å². The Morgan fingerprint density at radius 1 is 1.38 bits per heavy atom. The number of rotatable bonds is 0. The van der Waals surface area contributed by atoms with Crippen LogP contribution in [0.25, 0.3) is 0 Å². The van der Waals surface area contributed by atoms with Gasteiger partial charge < -0.3 is 10.4 Å². The van der Waals surface area contributed by atoms with Crippen molar-refractivity contribution in [3.05, 3.63) is 27.3 Å². The lowest BCUT2D eigenvalue weighted by atomic mass is 10.1. The van der Waals surface area contributed by atoms with Gasteiger partial charge in [-0.1, -0.05) is 0 Å². The van der Waals surface area contributed by atoms with E-state index in [9.17, 15) is 9.59 Å². The first kappa shape index (κ1) is 12.6. The molecule has 1 amide bonds. The molecule has 0 spiro atoms. The molecular formula is C10H8INO4. The third-order valence-corrected chi connectivity index (χ3v) is 2.35. The number of halogens is 1. The standard InChI is InChI=1S/C8H4INO2.C2H4O2/c9-4-1-2-6-5(3-4)7(11)8(12)10-6;1-2(3)4/h1-3H,(H,10,11,12);1H3,(H,3,4). The summed E-state index contributed by atoms with van der Waals surface area (Å²) in [5, 5.41) is 9.90. The van der Waals surface area contributed by atoms with Crippen molar-refractivity contribution in [2.75, 3.05) is 5.32 Å². The third-order valence-electron chi connectivity index (χ3n) is 1.68. The van der Waals surface area contributed by atoms with Crippen molar-refractivity contribution in [1.82, 2.24) is 0 Å². The van der Waals surface area contributed by atoms with Gasteiger partial charge in [-0.2, -0.15) is 0 Å². The molecule has 16 heavy (non-hydrogen) atoms. The summed E-state index contributed by atoms with van der Waals surface area (Å²) in [6, 6.07) is 5.29. The summed E-state index contributed by atoms with van der Waals surface area (Å²) in [4.78, 5) is 31.0. The first-order valence-corrected chi connectivity index (χ1v) is 5.34. The highest BCUT2D eigenvalue weighted by atomic mass is 127. The lowest BCUT2D eigenvalue weighted by Gasteiger charge is -1.95. The second-order valence-corrected chi connectivity index (χ2v) is 4.24. The number of carbonyl (C=O) groups excluding carboxylic acids is 2. The maximum atomic E-state index is 11.1. The lowest BCUT2D eigenvalue weighted by molar-refractivity contribution is -0.134. The average Bonchev–Trinajstić information content (AvgIpc) is 2.43. The summed E-state index contributed by atoms with van der Waals surface area (Å²) in [6.07, 6.45) is 0. The highest BCUT2D eigenvalue weighted by molar-refractivity contribution is 14.1. The molecule has 0 unspecified atom stereocenters. The van der Waals surface area contributed by atoms with E-state index >= 15 is 0 Å². The second-order valence-electron chi connectivity index (χ2n) is 2.99. The lowest BCUT2D eigenvalue weighted by Crippen LogP contribution is -2.12. The molecule has 1 aromatic carbocycles. The quantitative estimate of drug-likeness (QED) is 0.557. The molecule has 0 aliphatic carbocycles. The number of anilines is 1. The van der Waals surface area contributed by atoms with Crippen molar-refractivity contribution in [2.45, 2.75) is 6.92 Å². The maximum Gasteiger partial charge on any atom is 0.300 e. The van der Waals surface area contributed by atoms with Gasteiger partial charge in [0.2, 0.25) is 0 Å². The number of fused-ring (bicyclic) bond motifs is 1. The van der Waals surface area contributed by atoms with Crippen molar-refractivity contribution in [3.63, 3.8) is 0 Å². The highest BCUT2D eigenvalue weighted by Gasteiger charge is 2.27. The minimum atomic E-state index is -0.833. The summed E-state index contributed by atoms with van der Waals surface area (Å²) in [5.41, 5.74) is 1.09. The predicted octanol–water partition coefficient (Wildman–Crippen LogP) is 1.52. The van der Waals surface area contributed by atoms with Crippen LogP contribution in [0.3, 0.4) is 0 Å². The molecule has 6 heteroatoms. The van der Waals surface area contributed by atoms with Gasteiger partial charge in [0.25, 0.3) is 17.7 Å². The maximum absolute atomic E-state index is 11.1. The van der Waals surface area contributed by atoms with E-state index in [1.807, 2.05) is 6.07 Å². The number of carboxylic acid groups (broad SMARTS) is 1. The molecule has 0 saturated heterocycles. The van der Waals surface area contributed by atoms with Crippen LogP contribution in [0, 0.1) is 3.57 Å². The number of carbonyl (C=O) groups is 3. The molecular weight excluding hydrogens is 325 g/mol. The SMILES string of the molecule is CC(=O)O.O=C1Nc2ccc(I)cc2C1=O. The molecule has 0 atom stereocenters. The topological polar surface area (TPSA) is 83.5 Å². The number of amides is 1. The fourth-order valence-electron chi connectivity index (χ4n) is 1.11. The van der Waals surface area contributed by atoms with Crippen molar-refractivity contribution in [1.29, 1.82) is 0 Å². The molecule has 1 aliphatic heterocycles. The molecule has 0 saturated carbocycles. The smallest absolute Gasteiger partial charge is 0.300 e. The van der Waals surface area contributed by atoms with E-state index in [1.165, 1.54) is 0 Å². The normalized spacial score (nSPS) is 12.4. The van der Waals surface area contributed by atoms with Crippen molar-refractivity contribution >= 4 is 45.9 Å². The number of aliphatic carboxylic acids is 1. The number of ketones is 1. The van der Waals surface area contributed by atoms with Gasteiger partial charge in [0.15, 0.2) is 0 Å². The van der Waals surface area contributed by atoms with Gasteiger partial charge in [0.1, 0.15) is 0 Å². The Kier molecular flexibility index (Phi) is 3.99. The third kappa shape index (κ3) is 3.02. The Balaban J connectivity index is 0.000000280. The number of hydrogen-bond donors (Lipinski definition) is 2. The molecule has 2 rings (SSSR count). The molecule has 1 heterocycles. The summed E-state index contributed by atoms with van der Waals surface area (Å²) in [7, 11) is 0. The minimum Gasteiger partial charge on any atom is -0.481 e. The Morgan fingerprint density at radius 3 is 2.50 bits per heavy atom. The average molecular weight is 333 g/mol. The van der Waals surface area contributed by atoms with Gasteiger partial charge in [-0.3, -0.25) is 14.4 Å². The summed E-state index contributed by atoms with van der Waals surface area (Å²) in [5.74, 6) is -1.81. The molecule has 1 aliphatic rings. The largest absolute Gasteiger partial charge is 0.481 e. The Hall–Kier alpha value is -1.44. The summed E-state index contributed by atoms with van der Waals surface area (Å²) < 4.78 is 0.955. The van der Waals surface area contributed by atoms with E-state index in [1.54, 1.807) is 12.1 Å². The number of nitrogens with one attached hydrogen (secondary N) is 1. The van der Waals surface area contributed by atoms with Crippen LogP contribution in [-0.4, -0.2) is 22.8 Å². The monoisotopic (exact) mass is 333 g/mol. The summed E-state index contributed by atoms with van der Waals surface area (Å²) in [6.45, 7) is 1.08. The molecule has 0 radical (unpaired) electrons. The zero-order valence-corrected chi connectivity index (χ0v) is 10.4. The second kappa shape index (κ2) is 5.06. The van der Waals surface area contributed by atoms with Crippen LogP contribution in [0.1, 0.15) is 17.3 Å². The zero-order chi connectivity index (χ0) is 12.3. The van der Waals surface area contributed by atoms with Crippen LogP contribution in [0.4, 0.5) is 5.69 Å². The van der Waals surface area contributed by atoms with Gasteiger partial charge in [-0.25, -0.2) is 0 Å². The minimum absolute atomic E-state index is 0.441. The molecule has 0 aromatic heterocycles. The Labute approximate surface area is 105 Å². The van der Waals surface area contributed by atoms with E-state index in [2.05, 4.69) is 27.9 Å². The van der Waals surface area contributed by atoms with E-state index < -0.39 is 17.7 Å². The van der Waals surface area contributed by atoms with E-state index in [0.717, 1.165) is 10.5 Å². The predicted molar refractivity (Wildman–Crippen MR) is 65.4 cm³/mol. The number of benzene rings is 1. The van der Waals surface area contributed by atoms with E-state index in [4.69, 9.17) is 9.90 Å². The number of hydrogen-bond acceptors (Lipinski definition) is 3. The van der Waals surface area contributed by atoms with Gasteiger partial charge in [0.05, 0.1) is 11.3 Å². The Bertz CT molecular complexity index is 466. The highest BCUT2D eigenvalue weighted by Crippen LogP contribution is 2.24. The van der Waals surface area contributed by atoms with Crippen LogP contribution in [0.5, 0.6) is 0 Å². The fourth-order valence-corrected chi connectivity index (χ4v) is 1.61. The molecule has 0 fully saturated rings. The molecule has 0 bridgehead atoms. The molecule has 2 N–H and O–H groups in total. The molecule has 84 valence electrons. The molecule has 5 nitrogen and oxygen atoms in total. The van der Waals surface area contributed by atoms with Crippen LogP contribution in [0.15, 0.2) is 18.2 Å². The van der Waals surface area contributed by atoms with E-state index in [0.29, 0.717) is 11.3 Å². The van der Waals surface area contributed by atoms with Crippen molar-refractivity contribution in [3.8, 4) is 0 Å². The first-order valence-electron chi connectivity index (χ1n) is 4.26. The number of carboxylic acids is 1. The fraction of sp³-hybridized carbons (Fsp3) is 0.100. The van der Waals surface area contributed by atoms with Crippen LogP contribution >= 0.6 is 22.6 Å². The molecule has 1 aromatic rings. The summed E-state index contributed by atoms with van der Waals surface area (Å²) >= 11 is 2.10. The van der Waals surface area contributed by atoms with Gasteiger partial charge in [0, 0.05) is 10.5 Å².